The van der Waals surface area contributed by atoms with Gasteiger partial charge in [0, 0.05) is 12.2 Å². The number of aromatic nitrogens is 1. The fraction of sp³-hybridized carbons (Fsp3) is 0.333. The predicted octanol–water partition coefficient (Wildman–Crippen LogP) is 3.96. The van der Waals surface area contributed by atoms with Gasteiger partial charge < -0.3 is 14.6 Å². The zero-order valence-electron chi connectivity index (χ0n) is 15.8. The highest BCUT2D eigenvalue weighted by atomic mass is 16.5. The largest absolute Gasteiger partial charge is 0.461 e. The Bertz CT molecular complexity index is 806. The minimum Gasteiger partial charge on any atom is -0.461 e. The molecular weight excluding hydrogens is 328 g/mol. The van der Waals surface area contributed by atoms with Crippen LogP contribution in [0.1, 0.15) is 57.6 Å². The number of nitrogens with one attached hydrogen (secondary N) is 1. The Hall–Kier alpha value is -2.82. The molecule has 1 aromatic carbocycles. The van der Waals surface area contributed by atoms with Crippen LogP contribution in [0.3, 0.4) is 0 Å². The van der Waals surface area contributed by atoms with Crippen LogP contribution in [-0.2, 0) is 11.3 Å². The molecule has 1 N–H and O–H groups in total. The number of carbonyl (C=O) groups excluding carboxylic acids is 2. The average Bonchev–Trinajstić information content (AvgIpc) is 2.86. The van der Waals surface area contributed by atoms with E-state index in [4.69, 9.17) is 4.74 Å². The summed E-state index contributed by atoms with van der Waals surface area (Å²) in [4.78, 5) is 25.3. The molecular formula is C21H26N2O3. The predicted molar refractivity (Wildman–Crippen MR) is 102 cm³/mol. The number of hydrogen-bond donors (Lipinski definition) is 1. The first kappa shape index (κ1) is 19.5. The van der Waals surface area contributed by atoms with E-state index in [0.717, 1.165) is 11.3 Å². The van der Waals surface area contributed by atoms with E-state index in [1.807, 2.05) is 44.2 Å². The van der Waals surface area contributed by atoms with Crippen molar-refractivity contribution in [1.29, 1.82) is 0 Å². The quantitative estimate of drug-likeness (QED) is 0.605. The number of nitrogens with zero attached hydrogens (tertiary/aromatic N) is 1. The molecule has 0 saturated heterocycles. The molecule has 138 valence electrons. The average molecular weight is 354 g/mol. The summed E-state index contributed by atoms with van der Waals surface area (Å²) in [6.07, 6.45) is 1.70. The second kappa shape index (κ2) is 8.52. The van der Waals surface area contributed by atoms with E-state index in [1.54, 1.807) is 24.5 Å². The molecule has 0 aliphatic rings. The minimum atomic E-state index is -0.426. The lowest BCUT2D eigenvalue weighted by atomic mass is 10.1. The molecule has 26 heavy (non-hydrogen) atoms. The maximum absolute atomic E-state index is 12.9. The Morgan fingerprint density at radius 2 is 1.92 bits per heavy atom. The molecule has 1 heterocycles. The summed E-state index contributed by atoms with van der Waals surface area (Å²) in [7, 11) is 0. The number of rotatable bonds is 7. The maximum Gasteiger partial charge on any atom is 0.355 e. The monoisotopic (exact) mass is 354 g/mol. The Morgan fingerprint density at radius 1 is 1.27 bits per heavy atom. The maximum atomic E-state index is 12.9. The molecule has 1 atom stereocenters. The van der Waals surface area contributed by atoms with E-state index >= 15 is 0 Å². The van der Waals surface area contributed by atoms with Gasteiger partial charge in [-0.25, -0.2) is 4.79 Å². The second-order valence-electron chi connectivity index (χ2n) is 6.16. The number of hydrogen-bond acceptors (Lipinski definition) is 3. The van der Waals surface area contributed by atoms with E-state index in [2.05, 4.69) is 11.9 Å². The summed E-state index contributed by atoms with van der Waals surface area (Å²) >= 11 is 0. The van der Waals surface area contributed by atoms with E-state index in [1.165, 1.54) is 0 Å². The van der Waals surface area contributed by atoms with Crippen molar-refractivity contribution >= 4 is 11.9 Å². The van der Waals surface area contributed by atoms with Crippen molar-refractivity contribution in [3.05, 3.63) is 71.1 Å². The van der Waals surface area contributed by atoms with Crippen molar-refractivity contribution in [2.24, 2.45) is 0 Å². The van der Waals surface area contributed by atoms with Gasteiger partial charge in [0.25, 0.3) is 5.91 Å². The smallest absolute Gasteiger partial charge is 0.355 e. The summed E-state index contributed by atoms with van der Waals surface area (Å²) in [5.74, 6) is -0.630. The number of allylic oxidation sites excluding steroid dienone is 1. The first-order chi connectivity index (χ1) is 12.4. The molecule has 0 aliphatic heterocycles. The molecule has 5 nitrogen and oxygen atoms in total. The Morgan fingerprint density at radius 3 is 2.50 bits per heavy atom. The molecule has 0 radical (unpaired) electrons. The lowest BCUT2D eigenvalue weighted by molar-refractivity contribution is 0.0513. The summed E-state index contributed by atoms with van der Waals surface area (Å²) in [6.45, 7) is 11.8. The van der Waals surface area contributed by atoms with Crippen molar-refractivity contribution < 1.29 is 14.3 Å². The Balaban J connectivity index is 2.39. The van der Waals surface area contributed by atoms with Gasteiger partial charge in [0.05, 0.1) is 18.2 Å². The first-order valence-corrected chi connectivity index (χ1v) is 8.75. The summed E-state index contributed by atoms with van der Waals surface area (Å²) in [5.41, 5.74) is 3.29. The molecule has 1 unspecified atom stereocenters. The highest BCUT2D eigenvalue weighted by molar-refractivity contribution is 6.01. The highest BCUT2D eigenvalue weighted by Crippen LogP contribution is 2.24. The number of benzene rings is 1. The number of amides is 1. The summed E-state index contributed by atoms with van der Waals surface area (Å²) < 4.78 is 6.95. The standard InChI is InChI=1S/C21H26N2O3/c1-6-13-23-16(5)18(14(3)19(23)21(25)26-7-2)20(24)22-15(4)17-11-9-8-10-12-17/h6,8-12,15H,1,7,13H2,2-5H3,(H,22,24). The van der Waals surface area contributed by atoms with Gasteiger partial charge in [-0.3, -0.25) is 4.79 Å². The van der Waals surface area contributed by atoms with Crippen LogP contribution in [0.25, 0.3) is 0 Å². The van der Waals surface area contributed by atoms with Crippen molar-refractivity contribution in [1.82, 2.24) is 9.88 Å². The second-order valence-corrected chi connectivity index (χ2v) is 6.16. The highest BCUT2D eigenvalue weighted by Gasteiger charge is 2.27. The van der Waals surface area contributed by atoms with Crippen LogP contribution in [-0.4, -0.2) is 23.1 Å². The molecule has 0 spiro atoms. The normalized spacial score (nSPS) is 11.7. The molecule has 5 heteroatoms. The van der Waals surface area contributed by atoms with E-state index in [0.29, 0.717) is 23.4 Å². The van der Waals surface area contributed by atoms with Crippen LogP contribution in [0, 0.1) is 13.8 Å². The molecule has 2 rings (SSSR count). The fourth-order valence-corrected chi connectivity index (χ4v) is 3.14. The number of esters is 1. The minimum absolute atomic E-state index is 0.142. The molecule has 0 fully saturated rings. The third-order valence-electron chi connectivity index (χ3n) is 4.42. The van der Waals surface area contributed by atoms with Gasteiger partial charge in [0.15, 0.2) is 0 Å². The molecule has 0 aliphatic carbocycles. The lowest BCUT2D eigenvalue weighted by Crippen LogP contribution is -2.27. The first-order valence-electron chi connectivity index (χ1n) is 8.75. The number of carbonyl (C=O) groups is 2. The Labute approximate surface area is 154 Å². The SMILES string of the molecule is C=CCn1c(C)c(C(=O)NC(C)c2ccccc2)c(C)c1C(=O)OCC. The van der Waals surface area contributed by atoms with Gasteiger partial charge in [0.1, 0.15) is 5.69 Å². The van der Waals surface area contributed by atoms with Gasteiger partial charge in [-0.1, -0.05) is 36.4 Å². The van der Waals surface area contributed by atoms with Gasteiger partial charge >= 0.3 is 5.97 Å². The van der Waals surface area contributed by atoms with Gasteiger partial charge in [-0.15, -0.1) is 6.58 Å². The summed E-state index contributed by atoms with van der Waals surface area (Å²) in [6, 6.07) is 9.61. The fourth-order valence-electron chi connectivity index (χ4n) is 3.14. The van der Waals surface area contributed by atoms with Crippen LogP contribution >= 0.6 is 0 Å². The van der Waals surface area contributed by atoms with Crippen molar-refractivity contribution in [2.75, 3.05) is 6.61 Å². The third-order valence-corrected chi connectivity index (χ3v) is 4.42. The van der Waals surface area contributed by atoms with Crippen molar-refractivity contribution in [2.45, 2.75) is 40.3 Å². The topological polar surface area (TPSA) is 60.3 Å². The van der Waals surface area contributed by atoms with Crippen LogP contribution in [0.2, 0.25) is 0 Å². The van der Waals surface area contributed by atoms with E-state index in [-0.39, 0.29) is 18.6 Å². The molecule has 2 aromatic rings. The molecule has 1 amide bonds. The zero-order valence-corrected chi connectivity index (χ0v) is 15.8. The molecule has 0 saturated carbocycles. The number of ether oxygens (including phenoxy) is 1. The van der Waals surface area contributed by atoms with Crippen LogP contribution in [0.5, 0.6) is 0 Å². The summed E-state index contributed by atoms with van der Waals surface area (Å²) in [5, 5.41) is 3.02. The van der Waals surface area contributed by atoms with Crippen LogP contribution in [0.4, 0.5) is 0 Å². The van der Waals surface area contributed by atoms with Gasteiger partial charge in [0.2, 0.25) is 0 Å². The molecule has 0 bridgehead atoms. The van der Waals surface area contributed by atoms with E-state index in [9.17, 15) is 9.59 Å². The lowest BCUT2D eigenvalue weighted by Gasteiger charge is -2.15. The van der Waals surface area contributed by atoms with Crippen molar-refractivity contribution in [3.63, 3.8) is 0 Å². The molecule has 1 aromatic heterocycles. The van der Waals surface area contributed by atoms with E-state index < -0.39 is 5.97 Å². The van der Waals surface area contributed by atoms with Gasteiger partial charge in [-0.05, 0) is 38.8 Å². The third kappa shape index (κ3) is 3.87. The van der Waals surface area contributed by atoms with Gasteiger partial charge in [-0.2, -0.15) is 0 Å². The zero-order chi connectivity index (χ0) is 19.3. The van der Waals surface area contributed by atoms with Crippen LogP contribution in [0.15, 0.2) is 43.0 Å². The van der Waals surface area contributed by atoms with Crippen molar-refractivity contribution in [3.8, 4) is 0 Å². The van der Waals surface area contributed by atoms with Crippen LogP contribution < -0.4 is 5.32 Å². The Kier molecular flexibility index (Phi) is 6.39.